The average Bonchev–Trinajstić information content (AvgIpc) is 2.37. The van der Waals surface area contributed by atoms with Crippen molar-refractivity contribution in [3.8, 4) is 5.75 Å². The fraction of sp³-hybridized carbons (Fsp3) is 0.538. The van der Waals surface area contributed by atoms with Gasteiger partial charge in [0.05, 0.1) is 5.69 Å². The summed E-state index contributed by atoms with van der Waals surface area (Å²) in [6.45, 7) is 1.42. The van der Waals surface area contributed by atoms with Gasteiger partial charge in [0.15, 0.2) is 5.75 Å². The lowest BCUT2D eigenvalue weighted by Gasteiger charge is -2.34. The number of nitrogens with one attached hydrogen (secondary N) is 1. The molecule has 1 aromatic carbocycles. The highest BCUT2D eigenvalue weighted by Crippen LogP contribution is 2.36. The predicted octanol–water partition coefficient (Wildman–Crippen LogP) is 3.54. The normalized spacial score (nSPS) is 17.4. The number of hydrogen-bond acceptors (Lipinski definition) is 3. The van der Waals surface area contributed by atoms with E-state index in [1.54, 1.807) is 12.1 Å². The van der Waals surface area contributed by atoms with Crippen LogP contribution in [-0.4, -0.2) is 32.5 Å². The summed E-state index contributed by atoms with van der Waals surface area (Å²) in [4.78, 5) is 1.93. The highest BCUT2D eigenvalue weighted by Gasteiger charge is 2.33. The minimum absolute atomic E-state index is 0.158. The van der Waals surface area contributed by atoms with E-state index in [-0.39, 0.29) is 5.75 Å². The molecule has 1 aliphatic heterocycles. The van der Waals surface area contributed by atoms with Gasteiger partial charge < -0.3 is 15.0 Å². The van der Waals surface area contributed by atoms with Gasteiger partial charge in [0, 0.05) is 23.6 Å². The molecule has 0 atom stereocenters. The van der Waals surface area contributed by atoms with Crippen molar-refractivity contribution in [1.29, 1.82) is 0 Å². The van der Waals surface area contributed by atoms with E-state index >= 15 is 0 Å². The largest absolute Gasteiger partial charge is 0.573 e. The Balaban J connectivity index is 2.19. The maximum Gasteiger partial charge on any atom is 0.573 e. The summed E-state index contributed by atoms with van der Waals surface area (Å²) in [5.41, 5.74) is 0.486. The van der Waals surface area contributed by atoms with Crippen molar-refractivity contribution in [2.24, 2.45) is 0 Å². The molecule has 1 heterocycles. The Kier molecular flexibility index (Phi) is 4.80. The van der Waals surface area contributed by atoms with Crippen LogP contribution in [0.4, 0.5) is 18.9 Å². The summed E-state index contributed by atoms with van der Waals surface area (Å²) in [6.07, 6.45) is -2.88. The van der Waals surface area contributed by atoms with Gasteiger partial charge in [-0.1, -0.05) is 15.9 Å². The third-order valence-electron chi connectivity index (χ3n) is 3.39. The molecule has 0 saturated carbocycles. The van der Waals surface area contributed by atoms with Crippen LogP contribution in [0.5, 0.6) is 5.75 Å². The van der Waals surface area contributed by atoms with Gasteiger partial charge in [-0.2, -0.15) is 0 Å². The summed E-state index contributed by atoms with van der Waals surface area (Å²) >= 11 is 3.17. The maximum absolute atomic E-state index is 12.5. The highest BCUT2D eigenvalue weighted by atomic mass is 79.9. The van der Waals surface area contributed by atoms with Crippen molar-refractivity contribution < 1.29 is 17.9 Å². The lowest BCUT2D eigenvalue weighted by Crippen LogP contribution is -2.41. The van der Waals surface area contributed by atoms with Crippen molar-refractivity contribution in [1.82, 2.24) is 5.32 Å². The smallest absolute Gasteiger partial charge is 0.404 e. The molecule has 0 radical (unpaired) electrons. The molecule has 1 saturated heterocycles. The zero-order valence-corrected chi connectivity index (χ0v) is 12.6. The average molecular weight is 353 g/mol. The monoisotopic (exact) mass is 352 g/mol. The molecule has 1 fully saturated rings. The van der Waals surface area contributed by atoms with Gasteiger partial charge in [-0.3, -0.25) is 0 Å². The van der Waals surface area contributed by atoms with Gasteiger partial charge in [0.2, 0.25) is 0 Å². The van der Waals surface area contributed by atoms with E-state index < -0.39 is 6.36 Å². The van der Waals surface area contributed by atoms with Crippen LogP contribution in [-0.2, 0) is 0 Å². The van der Waals surface area contributed by atoms with Crippen LogP contribution in [0.25, 0.3) is 0 Å². The van der Waals surface area contributed by atoms with E-state index in [1.165, 1.54) is 6.07 Å². The topological polar surface area (TPSA) is 24.5 Å². The molecule has 0 bridgehead atoms. The number of piperidine rings is 1. The van der Waals surface area contributed by atoms with Crippen molar-refractivity contribution in [3.05, 3.63) is 22.7 Å². The van der Waals surface area contributed by atoms with Gasteiger partial charge in [-0.15, -0.1) is 13.2 Å². The summed E-state index contributed by atoms with van der Waals surface area (Å²) in [5.74, 6) is -0.158. The molecule has 7 heteroatoms. The summed E-state index contributed by atoms with van der Waals surface area (Å²) in [6, 6.07) is 5.16. The van der Waals surface area contributed by atoms with Crippen molar-refractivity contribution in [3.63, 3.8) is 0 Å². The second-order valence-electron chi connectivity index (χ2n) is 4.71. The zero-order chi connectivity index (χ0) is 14.8. The summed E-state index contributed by atoms with van der Waals surface area (Å²) < 4.78 is 42.1. The Bertz CT molecular complexity index is 459. The Labute approximate surface area is 124 Å². The Morgan fingerprint density at radius 1 is 1.30 bits per heavy atom. The minimum Gasteiger partial charge on any atom is -0.404 e. The van der Waals surface area contributed by atoms with Crippen molar-refractivity contribution in [2.75, 3.05) is 25.0 Å². The van der Waals surface area contributed by atoms with E-state index in [9.17, 15) is 13.2 Å². The van der Waals surface area contributed by atoms with E-state index in [0.717, 1.165) is 12.8 Å². The highest BCUT2D eigenvalue weighted by molar-refractivity contribution is 9.10. The molecular weight excluding hydrogens is 337 g/mol. The van der Waals surface area contributed by atoms with Crippen LogP contribution in [0.1, 0.15) is 12.8 Å². The van der Waals surface area contributed by atoms with Crippen LogP contribution >= 0.6 is 15.9 Å². The maximum atomic E-state index is 12.5. The quantitative estimate of drug-likeness (QED) is 0.900. The first kappa shape index (κ1) is 15.4. The van der Waals surface area contributed by atoms with Crippen LogP contribution in [0.3, 0.4) is 0 Å². The first-order valence-corrected chi connectivity index (χ1v) is 7.16. The lowest BCUT2D eigenvalue weighted by atomic mass is 10.0. The molecule has 2 rings (SSSR count). The minimum atomic E-state index is -4.68. The summed E-state index contributed by atoms with van der Waals surface area (Å²) in [5, 5.41) is 3.19. The number of benzene rings is 1. The fourth-order valence-electron chi connectivity index (χ4n) is 2.36. The molecule has 0 unspecified atom stereocenters. The zero-order valence-electron chi connectivity index (χ0n) is 11.0. The van der Waals surface area contributed by atoms with Crippen molar-refractivity contribution in [2.45, 2.75) is 25.2 Å². The number of anilines is 1. The van der Waals surface area contributed by atoms with Crippen LogP contribution in [0.15, 0.2) is 22.7 Å². The van der Waals surface area contributed by atoms with E-state index in [0.29, 0.717) is 29.3 Å². The predicted molar refractivity (Wildman–Crippen MR) is 75.1 cm³/mol. The molecule has 3 nitrogen and oxygen atoms in total. The van der Waals surface area contributed by atoms with E-state index in [2.05, 4.69) is 26.0 Å². The van der Waals surface area contributed by atoms with E-state index in [4.69, 9.17) is 0 Å². The van der Waals surface area contributed by atoms with Gasteiger partial charge in [0.1, 0.15) is 0 Å². The summed E-state index contributed by atoms with van der Waals surface area (Å²) in [7, 11) is 1.90. The van der Waals surface area contributed by atoms with Crippen LogP contribution in [0, 0.1) is 0 Å². The molecule has 112 valence electrons. The molecule has 1 N–H and O–H groups in total. The van der Waals surface area contributed by atoms with Gasteiger partial charge in [-0.25, -0.2) is 0 Å². The molecule has 0 aromatic heterocycles. The first-order valence-electron chi connectivity index (χ1n) is 6.36. The Hall–Kier alpha value is -0.950. The molecule has 20 heavy (non-hydrogen) atoms. The molecular formula is C13H16BrF3N2O. The number of nitrogens with zero attached hydrogens (tertiary/aromatic N) is 1. The van der Waals surface area contributed by atoms with Gasteiger partial charge in [0.25, 0.3) is 0 Å². The second-order valence-corrected chi connectivity index (χ2v) is 5.63. The Morgan fingerprint density at radius 3 is 2.50 bits per heavy atom. The molecule has 0 spiro atoms. The number of ether oxygens (including phenoxy) is 1. The number of hydrogen-bond donors (Lipinski definition) is 1. The van der Waals surface area contributed by atoms with Gasteiger partial charge in [-0.05, 0) is 38.1 Å². The fourth-order valence-corrected chi connectivity index (χ4v) is 2.70. The molecule has 1 aromatic rings. The first-order chi connectivity index (χ1) is 9.39. The van der Waals surface area contributed by atoms with Crippen LogP contribution < -0.4 is 15.0 Å². The standard InChI is InChI=1S/C13H16BrF3N2O/c1-18-10-4-6-19(7-5-10)11-3-2-9(14)8-12(11)20-13(15,16)17/h2-3,8,10,18H,4-7H2,1H3. The number of rotatable bonds is 3. The molecule has 0 aliphatic carbocycles. The molecule has 0 amide bonds. The molecule has 1 aliphatic rings. The van der Waals surface area contributed by atoms with E-state index in [1.807, 2.05) is 11.9 Å². The van der Waals surface area contributed by atoms with Crippen molar-refractivity contribution >= 4 is 21.6 Å². The van der Waals surface area contributed by atoms with Gasteiger partial charge >= 0.3 is 6.36 Å². The SMILES string of the molecule is CNC1CCN(c2ccc(Br)cc2OC(F)(F)F)CC1. The number of halogens is 4. The third kappa shape index (κ3) is 4.02. The van der Waals surface area contributed by atoms with Crippen LogP contribution in [0.2, 0.25) is 0 Å². The third-order valence-corrected chi connectivity index (χ3v) is 3.88. The number of alkyl halides is 3. The second kappa shape index (κ2) is 6.22. The lowest BCUT2D eigenvalue weighted by molar-refractivity contribution is -0.274. The Morgan fingerprint density at radius 2 is 1.95 bits per heavy atom.